The van der Waals surface area contributed by atoms with Gasteiger partial charge in [0, 0.05) is 23.3 Å². The topological polar surface area (TPSA) is 21.3 Å². The molecule has 1 aromatic carbocycles. The quantitative estimate of drug-likeness (QED) is 0.807. The molecule has 2 atom stereocenters. The Morgan fingerprint density at radius 3 is 3.00 bits per heavy atom. The van der Waals surface area contributed by atoms with Crippen LogP contribution in [0.3, 0.4) is 0 Å². The van der Waals surface area contributed by atoms with Gasteiger partial charge in [-0.2, -0.15) is 0 Å². The van der Waals surface area contributed by atoms with Crippen LogP contribution in [0.5, 0.6) is 0 Å². The van der Waals surface area contributed by atoms with E-state index in [1.165, 1.54) is 17.7 Å². The van der Waals surface area contributed by atoms with Crippen molar-refractivity contribution < 1.29 is 4.74 Å². The Balaban J connectivity index is 1.91. The Bertz CT molecular complexity index is 382. The molecule has 1 aromatic rings. The molecular formula is C15H22ClNOS. The van der Waals surface area contributed by atoms with E-state index in [2.05, 4.69) is 18.3 Å². The maximum absolute atomic E-state index is 6.20. The Labute approximate surface area is 125 Å². The van der Waals surface area contributed by atoms with Crippen LogP contribution >= 0.6 is 23.4 Å². The lowest BCUT2D eigenvalue weighted by Gasteiger charge is -2.30. The summed E-state index contributed by atoms with van der Waals surface area (Å²) in [5, 5.41) is 4.45. The molecule has 4 heteroatoms. The summed E-state index contributed by atoms with van der Waals surface area (Å²) in [6.07, 6.45) is 2.45. The Morgan fingerprint density at radius 1 is 1.47 bits per heavy atom. The highest BCUT2D eigenvalue weighted by molar-refractivity contribution is 7.99. The summed E-state index contributed by atoms with van der Waals surface area (Å²) in [4.78, 5) is 1.17. The molecule has 0 bridgehead atoms. The van der Waals surface area contributed by atoms with E-state index in [-0.39, 0.29) is 0 Å². The minimum atomic E-state index is 0.506. The van der Waals surface area contributed by atoms with Crippen molar-refractivity contribution in [1.29, 1.82) is 0 Å². The van der Waals surface area contributed by atoms with Gasteiger partial charge in [-0.3, -0.25) is 0 Å². The first-order valence-electron chi connectivity index (χ1n) is 6.99. The lowest BCUT2D eigenvalue weighted by atomic mass is 9.95. The van der Waals surface area contributed by atoms with Crippen LogP contribution in [0.2, 0.25) is 5.02 Å². The van der Waals surface area contributed by atoms with Crippen LogP contribution in [-0.4, -0.2) is 31.6 Å². The van der Waals surface area contributed by atoms with Crippen molar-refractivity contribution in [3.05, 3.63) is 29.3 Å². The van der Waals surface area contributed by atoms with Gasteiger partial charge in [-0.05, 0) is 37.4 Å². The van der Waals surface area contributed by atoms with Crippen molar-refractivity contribution in [1.82, 2.24) is 5.32 Å². The number of ether oxygens (including phenoxy) is 1. The molecule has 1 N–H and O–H groups in total. The standard InChI is InChI=1S/C15H22ClNOS/c1-2-17-14(12-6-5-9-18-10-12)11-19-15-8-4-3-7-13(15)16/h3-4,7-8,12,14,17H,2,5-6,9-11H2,1H3. The zero-order chi connectivity index (χ0) is 13.5. The monoisotopic (exact) mass is 299 g/mol. The van der Waals surface area contributed by atoms with Gasteiger partial charge in [0.25, 0.3) is 0 Å². The van der Waals surface area contributed by atoms with Crippen molar-refractivity contribution >= 4 is 23.4 Å². The smallest absolute Gasteiger partial charge is 0.0541 e. The summed E-state index contributed by atoms with van der Waals surface area (Å²) in [6.45, 7) is 4.98. The van der Waals surface area contributed by atoms with Crippen molar-refractivity contribution in [2.24, 2.45) is 5.92 Å². The van der Waals surface area contributed by atoms with Crippen LogP contribution < -0.4 is 5.32 Å². The molecule has 1 saturated heterocycles. The summed E-state index contributed by atoms with van der Waals surface area (Å²) in [5.74, 6) is 1.68. The van der Waals surface area contributed by atoms with Gasteiger partial charge in [0.1, 0.15) is 0 Å². The zero-order valence-electron chi connectivity index (χ0n) is 11.4. The first kappa shape index (κ1) is 15.2. The number of rotatable bonds is 6. The number of hydrogen-bond acceptors (Lipinski definition) is 3. The molecule has 2 rings (SSSR count). The van der Waals surface area contributed by atoms with E-state index in [1.807, 2.05) is 30.0 Å². The van der Waals surface area contributed by atoms with Gasteiger partial charge in [0.2, 0.25) is 0 Å². The average Bonchev–Trinajstić information content (AvgIpc) is 2.46. The van der Waals surface area contributed by atoms with E-state index in [1.54, 1.807) is 0 Å². The maximum atomic E-state index is 6.20. The van der Waals surface area contributed by atoms with E-state index >= 15 is 0 Å². The molecule has 0 spiro atoms. The molecule has 1 aliphatic rings. The van der Waals surface area contributed by atoms with Gasteiger partial charge in [-0.15, -0.1) is 11.8 Å². The summed E-state index contributed by atoms with van der Waals surface area (Å²) in [7, 11) is 0. The van der Waals surface area contributed by atoms with Gasteiger partial charge >= 0.3 is 0 Å². The molecule has 0 radical (unpaired) electrons. The first-order chi connectivity index (χ1) is 9.31. The van der Waals surface area contributed by atoms with Crippen LogP contribution in [-0.2, 0) is 4.74 Å². The summed E-state index contributed by atoms with van der Waals surface area (Å²) in [6, 6.07) is 8.57. The second kappa shape index (κ2) is 8.15. The van der Waals surface area contributed by atoms with Crippen LogP contribution in [0.1, 0.15) is 19.8 Å². The third-order valence-electron chi connectivity index (χ3n) is 3.49. The largest absolute Gasteiger partial charge is 0.381 e. The molecule has 19 heavy (non-hydrogen) atoms. The predicted octanol–water partition coefficient (Wildman–Crippen LogP) is 3.84. The molecule has 0 saturated carbocycles. The summed E-state index contributed by atoms with van der Waals surface area (Å²) in [5.41, 5.74) is 0. The molecule has 0 aliphatic carbocycles. The van der Waals surface area contributed by atoms with Crippen molar-refractivity contribution in [3.63, 3.8) is 0 Å². The van der Waals surface area contributed by atoms with Crippen molar-refractivity contribution in [3.8, 4) is 0 Å². The number of thioether (sulfide) groups is 1. The Kier molecular flexibility index (Phi) is 6.51. The van der Waals surface area contributed by atoms with Gasteiger partial charge in [-0.25, -0.2) is 0 Å². The van der Waals surface area contributed by atoms with Crippen LogP contribution in [0.4, 0.5) is 0 Å². The van der Waals surface area contributed by atoms with E-state index in [0.717, 1.165) is 30.5 Å². The van der Waals surface area contributed by atoms with E-state index in [0.29, 0.717) is 12.0 Å². The minimum absolute atomic E-state index is 0.506. The van der Waals surface area contributed by atoms with Gasteiger partial charge in [-0.1, -0.05) is 30.7 Å². The second-order valence-corrected chi connectivity index (χ2v) is 6.35. The highest BCUT2D eigenvalue weighted by Gasteiger charge is 2.23. The molecular weight excluding hydrogens is 278 g/mol. The lowest BCUT2D eigenvalue weighted by molar-refractivity contribution is 0.0429. The molecule has 0 aromatic heterocycles. The Hall–Kier alpha value is -0.220. The third-order valence-corrected chi connectivity index (χ3v) is 5.12. The Morgan fingerprint density at radius 2 is 2.32 bits per heavy atom. The highest BCUT2D eigenvalue weighted by atomic mass is 35.5. The van der Waals surface area contributed by atoms with Crippen LogP contribution in [0, 0.1) is 5.92 Å². The van der Waals surface area contributed by atoms with Crippen LogP contribution in [0.15, 0.2) is 29.2 Å². The summed E-state index contributed by atoms with van der Waals surface area (Å²) >= 11 is 8.04. The molecule has 106 valence electrons. The molecule has 1 heterocycles. The fraction of sp³-hybridized carbons (Fsp3) is 0.600. The lowest BCUT2D eigenvalue weighted by Crippen LogP contribution is -2.41. The normalized spacial score (nSPS) is 21.3. The predicted molar refractivity (Wildman–Crippen MR) is 83.2 cm³/mol. The SMILES string of the molecule is CCNC(CSc1ccccc1Cl)C1CCCOC1. The molecule has 1 aliphatic heterocycles. The summed E-state index contributed by atoms with van der Waals surface area (Å²) < 4.78 is 5.61. The highest BCUT2D eigenvalue weighted by Crippen LogP contribution is 2.29. The number of benzene rings is 1. The van der Waals surface area contributed by atoms with Crippen LogP contribution in [0.25, 0.3) is 0 Å². The minimum Gasteiger partial charge on any atom is -0.381 e. The van der Waals surface area contributed by atoms with E-state index < -0.39 is 0 Å². The molecule has 0 amide bonds. The number of hydrogen-bond donors (Lipinski definition) is 1. The van der Waals surface area contributed by atoms with E-state index in [9.17, 15) is 0 Å². The van der Waals surface area contributed by atoms with Gasteiger partial charge < -0.3 is 10.1 Å². The van der Waals surface area contributed by atoms with Gasteiger partial charge in [0.05, 0.1) is 11.6 Å². The second-order valence-electron chi connectivity index (χ2n) is 4.88. The van der Waals surface area contributed by atoms with Crippen molar-refractivity contribution in [2.45, 2.75) is 30.7 Å². The molecule has 2 unspecified atom stereocenters. The van der Waals surface area contributed by atoms with E-state index in [4.69, 9.17) is 16.3 Å². The number of halogens is 1. The van der Waals surface area contributed by atoms with Gasteiger partial charge in [0.15, 0.2) is 0 Å². The zero-order valence-corrected chi connectivity index (χ0v) is 13.0. The molecule has 1 fully saturated rings. The maximum Gasteiger partial charge on any atom is 0.0541 e. The number of nitrogens with one attached hydrogen (secondary N) is 1. The average molecular weight is 300 g/mol. The molecule has 2 nitrogen and oxygen atoms in total. The third kappa shape index (κ3) is 4.67. The first-order valence-corrected chi connectivity index (χ1v) is 8.36. The fourth-order valence-corrected chi connectivity index (χ4v) is 3.88. The van der Waals surface area contributed by atoms with Crippen molar-refractivity contribution in [2.75, 3.05) is 25.5 Å². The fourth-order valence-electron chi connectivity index (χ4n) is 2.45.